The van der Waals surface area contributed by atoms with Crippen LogP contribution in [0.25, 0.3) is 0 Å². The minimum absolute atomic E-state index is 0.00645. The lowest BCUT2D eigenvalue weighted by Gasteiger charge is -2.20. The highest BCUT2D eigenvalue weighted by atomic mass is 16.7. The fourth-order valence-corrected chi connectivity index (χ4v) is 1.39. The van der Waals surface area contributed by atoms with Crippen molar-refractivity contribution in [3.8, 4) is 0 Å². The van der Waals surface area contributed by atoms with E-state index in [1.807, 2.05) is 0 Å². The van der Waals surface area contributed by atoms with E-state index in [-0.39, 0.29) is 18.6 Å². The molecule has 5 heteroatoms. The van der Waals surface area contributed by atoms with Crippen LogP contribution in [0.1, 0.15) is 12.8 Å². The van der Waals surface area contributed by atoms with Crippen LogP contribution in [0.15, 0.2) is 0 Å². The second-order valence-corrected chi connectivity index (χ2v) is 2.78. The van der Waals surface area contributed by atoms with Gasteiger partial charge in [-0.05, 0) is 12.8 Å². The lowest BCUT2D eigenvalue weighted by atomic mass is 10.2. The first-order chi connectivity index (χ1) is 6.29. The van der Waals surface area contributed by atoms with Crippen LogP contribution in [0, 0.1) is 0 Å². The number of rotatable bonds is 4. The SMILES string of the molecule is COC(=O)[C@@H]1CCCN1OCC=O. The molecule has 0 bridgehead atoms. The zero-order valence-electron chi connectivity index (χ0n) is 7.56. The number of carbonyl (C=O) groups is 2. The van der Waals surface area contributed by atoms with Gasteiger partial charge >= 0.3 is 5.97 Å². The van der Waals surface area contributed by atoms with Gasteiger partial charge in [0.15, 0.2) is 0 Å². The molecule has 0 aromatic rings. The van der Waals surface area contributed by atoms with Crippen molar-refractivity contribution in [2.45, 2.75) is 18.9 Å². The molecule has 0 aromatic carbocycles. The largest absolute Gasteiger partial charge is 0.468 e. The van der Waals surface area contributed by atoms with Crippen LogP contribution >= 0.6 is 0 Å². The number of carbonyl (C=O) groups excluding carboxylic acids is 2. The van der Waals surface area contributed by atoms with Crippen LogP contribution < -0.4 is 0 Å². The van der Waals surface area contributed by atoms with Gasteiger partial charge in [0.05, 0.1) is 7.11 Å². The number of hydrogen-bond acceptors (Lipinski definition) is 5. The Morgan fingerprint density at radius 2 is 2.46 bits per heavy atom. The minimum Gasteiger partial charge on any atom is -0.468 e. The van der Waals surface area contributed by atoms with Gasteiger partial charge in [-0.15, -0.1) is 0 Å². The number of esters is 1. The third-order valence-corrected chi connectivity index (χ3v) is 1.99. The number of hydroxylamine groups is 2. The highest BCUT2D eigenvalue weighted by molar-refractivity contribution is 5.75. The molecule has 1 atom stereocenters. The summed E-state index contributed by atoms with van der Waals surface area (Å²) in [6.07, 6.45) is 2.27. The molecule has 0 spiro atoms. The summed E-state index contributed by atoms with van der Waals surface area (Å²) in [5.41, 5.74) is 0. The summed E-state index contributed by atoms with van der Waals surface area (Å²) in [7, 11) is 1.35. The predicted octanol–water partition coefficient (Wildman–Crippen LogP) is -0.246. The van der Waals surface area contributed by atoms with E-state index in [1.54, 1.807) is 0 Å². The average Bonchev–Trinajstić information content (AvgIpc) is 2.61. The van der Waals surface area contributed by atoms with Crippen LogP contribution in [0.2, 0.25) is 0 Å². The topological polar surface area (TPSA) is 55.8 Å². The van der Waals surface area contributed by atoms with Crippen molar-refractivity contribution in [2.24, 2.45) is 0 Å². The Balaban J connectivity index is 2.43. The zero-order valence-corrected chi connectivity index (χ0v) is 7.56. The molecule has 1 saturated heterocycles. The molecule has 0 amide bonds. The van der Waals surface area contributed by atoms with Crippen molar-refractivity contribution in [3.63, 3.8) is 0 Å². The summed E-state index contributed by atoms with van der Waals surface area (Å²) in [6.45, 7) is 0.668. The van der Waals surface area contributed by atoms with Gasteiger partial charge in [-0.3, -0.25) is 9.63 Å². The summed E-state index contributed by atoms with van der Waals surface area (Å²) < 4.78 is 4.60. The Hall–Kier alpha value is -0.940. The molecular weight excluding hydrogens is 174 g/mol. The summed E-state index contributed by atoms with van der Waals surface area (Å²) in [6, 6.07) is -0.343. The van der Waals surface area contributed by atoms with Crippen molar-refractivity contribution in [1.29, 1.82) is 0 Å². The smallest absolute Gasteiger partial charge is 0.325 e. The molecule has 0 N–H and O–H groups in total. The molecule has 1 aliphatic rings. The number of hydrogen-bond donors (Lipinski definition) is 0. The van der Waals surface area contributed by atoms with Crippen molar-refractivity contribution in [3.05, 3.63) is 0 Å². The van der Waals surface area contributed by atoms with E-state index < -0.39 is 0 Å². The van der Waals surface area contributed by atoms with E-state index >= 15 is 0 Å². The quantitative estimate of drug-likeness (QED) is 0.449. The van der Waals surface area contributed by atoms with E-state index in [0.717, 1.165) is 12.8 Å². The zero-order chi connectivity index (χ0) is 9.68. The van der Waals surface area contributed by atoms with Crippen LogP contribution in [0.3, 0.4) is 0 Å². The minimum atomic E-state index is -0.343. The Bertz CT molecular complexity index is 195. The Labute approximate surface area is 76.6 Å². The first kappa shape index (κ1) is 10.1. The van der Waals surface area contributed by atoms with Crippen molar-refractivity contribution in [2.75, 3.05) is 20.3 Å². The maximum atomic E-state index is 11.2. The number of nitrogens with zero attached hydrogens (tertiary/aromatic N) is 1. The van der Waals surface area contributed by atoms with Gasteiger partial charge in [0.2, 0.25) is 0 Å². The fraction of sp³-hybridized carbons (Fsp3) is 0.750. The first-order valence-electron chi connectivity index (χ1n) is 4.20. The predicted molar refractivity (Wildman–Crippen MR) is 43.8 cm³/mol. The van der Waals surface area contributed by atoms with Crippen LogP contribution in [-0.4, -0.2) is 43.6 Å². The van der Waals surface area contributed by atoms with E-state index in [9.17, 15) is 9.59 Å². The van der Waals surface area contributed by atoms with Gasteiger partial charge in [0, 0.05) is 6.54 Å². The summed E-state index contributed by atoms with van der Waals surface area (Å²) in [4.78, 5) is 26.2. The van der Waals surface area contributed by atoms with Gasteiger partial charge in [-0.2, -0.15) is 5.06 Å². The highest BCUT2D eigenvalue weighted by Gasteiger charge is 2.32. The van der Waals surface area contributed by atoms with Crippen LogP contribution in [-0.2, 0) is 19.2 Å². The van der Waals surface area contributed by atoms with Crippen LogP contribution in [0.5, 0.6) is 0 Å². The summed E-state index contributed by atoms with van der Waals surface area (Å²) >= 11 is 0. The fourth-order valence-electron chi connectivity index (χ4n) is 1.39. The molecule has 5 nitrogen and oxygen atoms in total. The van der Waals surface area contributed by atoms with Gasteiger partial charge in [0.25, 0.3) is 0 Å². The molecule has 1 aliphatic heterocycles. The molecule has 0 radical (unpaired) electrons. The number of ether oxygens (including phenoxy) is 1. The molecule has 0 aromatic heterocycles. The molecule has 1 rings (SSSR count). The van der Waals surface area contributed by atoms with Gasteiger partial charge < -0.3 is 9.53 Å². The van der Waals surface area contributed by atoms with E-state index in [0.29, 0.717) is 12.8 Å². The summed E-state index contributed by atoms with van der Waals surface area (Å²) in [5.74, 6) is -0.302. The van der Waals surface area contributed by atoms with Crippen LogP contribution in [0.4, 0.5) is 0 Å². The second-order valence-electron chi connectivity index (χ2n) is 2.78. The molecule has 0 aliphatic carbocycles. The lowest BCUT2D eigenvalue weighted by molar-refractivity contribution is -0.187. The maximum absolute atomic E-state index is 11.2. The van der Waals surface area contributed by atoms with Gasteiger partial charge in [-0.25, -0.2) is 0 Å². The molecule has 13 heavy (non-hydrogen) atoms. The second kappa shape index (κ2) is 4.94. The van der Waals surface area contributed by atoms with E-state index in [4.69, 9.17) is 4.84 Å². The van der Waals surface area contributed by atoms with Crippen molar-refractivity contribution >= 4 is 12.3 Å². The standard InChI is InChI=1S/C8H13NO4/c1-12-8(11)7-3-2-4-9(7)13-6-5-10/h5,7H,2-4,6H2,1H3/t7-/m0/s1. The third kappa shape index (κ3) is 2.50. The molecule has 0 unspecified atom stereocenters. The van der Waals surface area contributed by atoms with Gasteiger partial charge in [0.1, 0.15) is 18.9 Å². The normalized spacial score (nSPS) is 23.0. The van der Waals surface area contributed by atoms with E-state index in [2.05, 4.69) is 4.74 Å². The van der Waals surface area contributed by atoms with Gasteiger partial charge in [-0.1, -0.05) is 0 Å². The Morgan fingerprint density at radius 3 is 3.08 bits per heavy atom. The van der Waals surface area contributed by atoms with Crippen molar-refractivity contribution in [1.82, 2.24) is 5.06 Å². The third-order valence-electron chi connectivity index (χ3n) is 1.99. The molecule has 0 saturated carbocycles. The first-order valence-corrected chi connectivity index (χ1v) is 4.20. The number of aldehydes is 1. The van der Waals surface area contributed by atoms with Crippen molar-refractivity contribution < 1.29 is 19.2 Å². The van der Waals surface area contributed by atoms with E-state index in [1.165, 1.54) is 12.2 Å². The lowest BCUT2D eigenvalue weighted by Crippen LogP contribution is -2.37. The Morgan fingerprint density at radius 1 is 1.69 bits per heavy atom. The maximum Gasteiger partial charge on any atom is 0.325 e. The molecule has 74 valence electrons. The Kier molecular flexibility index (Phi) is 3.85. The molecule has 1 fully saturated rings. The monoisotopic (exact) mass is 187 g/mol. The number of methoxy groups -OCH3 is 1. The molecular formula is C8H13NO4. The highest BCUT2D eigenvalue weighted by Crippen LogP contribution is 2.17. The summed E-state index contributed by atoms with van der Waals surface area (Å²) in [5, 5.41) is 1.51. The molecule has 1 heterocycles. The average molecular weight is 187 g/mol.